The Labute approximate surface area is 338 Å². The lowest BCUT2D eigenvalue weighted by Gasteiger charge is -2.28. The predicted molar refractivity (Wildman–Crippen MR) is 245 cm³/mol. The second kappa shape index (κ2) is 13.1. The molecule has 3 heterocycles. The maximum absolute atomic E-state index is 6.93. The highest BCUT2D eigenvalue weighted by atomic mass is 32.1. The molecule has 3 nitrogen and oxygen atoms in total. The molecule has 0 amide bonds. The number of anilines is 3. The minimum absolute atomic E-state index is 0.831. The minimum Gasteiger partial charge on any atom is -0.456 e. The van der Waals surface area contributed by atoms with Gasteiger partial charge in [0.2, 0.25) is 0 Å². The van der Waals surface area contributed by atoms with Gasteiger partial charge in [0.25, 0.3) is 0 Å². The Kier molecular flexibility index (Phi) is 7.40. The fraction of sp³-hybridized carbons (Fsp3) is 0. The minimum atomic E-state index is 0.831. The summed E-state index contributed by atoms with van der Waals surface area (Å²) in [7, 11) is 0. The van der Waals surface area contributed by atoms with Crippen LogP contribution in [0.3, 0.4) is 0 Å². The Hall–Kier alpha value is -7.40. The topological polar surface area (TPSA) is 29.5 Å². The highest BCUT2D eigenvalue weighted by Gasteiger charge is 2.26. The van der Waals surface area contributed by atoms with E-state index in [4.69, 9.17) is 8.83 Å². The maximum atomic E-state index is 6.93. The zero-order valence-electron chi connectivity index (χ0n) is 31.2. The lowest BCUT2D eigenvalue weighted by molar-refractivity contribution is 0.669. The van der Waals surface area contributed by atoms with Gasteiger partial charge in [-0.15, -0.1) is 11.3 Å². The van der Waals surface area contributed by atoms with Gasteiger partial charge in [-0.05, 0) is 94.5 Å². The molecule has 12 rings (SSSR count). The van der Waals surface area contributed by atoms with E-state index in [0.717, 1.165) is 94.3 Å². The summed E-state index contributed by atoms with van der Waals surface area (Å²) in [6, 6.07) is 71.4. The van der Waals surface area contributed by atoms with E-state index in [1.807, 2.05) is 17.4 Å². The summed E-state index contributed by atoms with van der Waals surface area (Å²) in [5, 5.41) is 6.73. The van der Waals surface area contributed by atoms with E-state index >= 15 is 0 Å². The first-order valence-electron chi connectivity index (χ1n) is 19.6. The summed E-state index contributed by atoms with van der Waals surface area (Å²) in [6.07, 6.45) is 0. The number of hydrogen-bond acceptors (Lipinski definition) is 4. The van der Waals surface area contributed by atoms with Gasteiger partial charge in [-0.3, -0.25) is 0 Å². The third-order valence-corrected chi connectivity index (χ3v) is 12.6. The highest BCUT2D eigenvalue weighted by Crippen LogP contribution is 2.51. The molecule has 0 bridgehead atoms. The number of hydrogen-bond donors (Lipinski definition) is 0. The standard InChI is InChI=1S/C54H33NO2S/c1-4-14-34(15-5-1)37-24-26-43-48(31-37)56-49-32-38(35-16-6-2-7-17-35)30-46(52(43)49)55(39-25-29-51-44(33-39)41-20-11-13-23-50(41)58-51)45-28-27-40(36-18-8-3-9-19-36)54-53(45)42-21-10-12-22-47(42)57-54/h1-33H. The van der Waals surface area contributed by atoms with Crippen molar-refractivity contribution < 1.29 is 8.83 Å². The molecule has 12 aromatic rings. The van der Waals surface area contributed by atoms with Crippen LogP contribution in [0, 0.1) is 0 Å². The van der Waals surface area contributed by atoms with Crippen LogP contribution in [0.4, 0.5) is 17.1 Å². The molecule has 0 spiro atoms. The van der Waals surface area contributed by atoms with Crippen molar-refractivity contribution in [3.63, 3.8) is 0 Å². The van der Waals surface area contributed by atoms with E-state index in [-0.39, 0.29) is 0 Å². The number of rotatable bonds is 6. The van der Waals surface area contributed by atoms with E-state index < -0.39 is 0 Å². The zero-order valence-corrected chi connectivity index (χ0v) is 32.0. The van der Waals surface area contributed by atoms with Crippen molar-refractivity contribution in [2.75, 3.05) is 4.90 Å². The summed E-state index contributed by atoms with van der Waals surface area (Å²) in [5.41, 5.74) is 13.1. The molecule has 0 saturated heterocycles. The molecule has 0 aliphatic heterocycles. The molecule has 0 radical (unpaired) electrons. The van der Waals surface area contributed by atoms with Gasteiger partial charge in [-0.2, -0.15) is 0 Å². The summed E-state index contributed by atoms with van der Waals surface area (Å²) < 4.78 is 16.3. The number of thiophene rings is 1. The van der Waals surface area contributed by atoms with Gasteiger partial charge in [-0.1, -0.05) is 133 Å². The van der Waals surface area contributed by atoms with E-state index in [1.165, 1.54) is 20.2 Å². The Balaban J connectivity index is 1.21. The van der Waals surface area contributed by atoms with Crippen LogP contribution in [-0.4, -0.2) is 0 Å². The van der Waals surface area contributed by atoms with Crippen LogP contribution < -0.4 is 4.90 Å². The normalized spacial score (nSPS) is 11.8. The van der Waals surface area contributed by atoms with E-state index in [2.05, 4.69) is 199 Å². The Morgan fingerprint density at radius 1 is 0.345 bits per heavy atom. The average Bonchev–Trinajstić information content (AvgIpc) is 3.99. The van der Waals surface area contributed by atoms with Crippen molar-refractivity contribution in [2.45, 2.75) is 0 Å². The average molecular weight is 760 g/mol. The van der Waals surface area contributed by atoms with Gasteiger partial charge in [0.05, 0.1) is 22.1 Å². The van der Waals surface area contributed by atoms with Crippen LogP contribution in [0.25, 0.3) is 97.4 Å². The maximum Gasteiger partial charge on any atom is 0.145 e. The lowest BCUT2D eigenvalue weighted by Crippen LogP contribution is -2.11. The molecule has 0 aliphatic rings. The lowest BCUT2D eigenvalue weighted by atomic mass is 9.97. The van der Waals surface area contributed by atoms with Gasteiger partial charge in [0, 0.05) is 42.2 Å². The van der Waals surface area contributed by atoms with Gasteiger partial charge in [0.15, 0.2) is 0 Å². The number of furan rings is 2. The third-order valence-electron chi connectivity index (χ3n) is 11.5. The van der Waals surface area contributed by atoms with E-state index in [0.29, 0.717) is 0 Å². The van der Waals surface area contributed by atoms with Gasteiger partial charge < -0.3 is 13.7 Å². The molecule has 9 aromatic carbocycles. The molecule has 3 aromatic heterocycles. The number of benzene rings is 9. The Morgan fingerprint density at radius 2 is 0.983 bits per heavy atom. The predicted octanol–water partition coefficient (Wildman–Crippen LogP) is 16.3. The molecule has 0 unspecified atom stereocenters. The Morgan fingerprint density at radius 3 is 1.78 bits per heavy atom. The Bertz CT molecular complexity index is 3510. The third kappa shape index (κ3) is 5.19. The van der Waals surface area contributed by atoms with E-state index in [1.54, 1.807) is 0 Å². The number of nitrogens with zero attached hydrogens (tertiary/aromatic N) is 1. The largest absolute Gasteiger partial charge is 0.456 e. The molecule has 0 fully saturated rings. The van der Waals surface area contributed by atoms with Crippen LogP contribution in [0.1, 0.15) is 0 Å². The smallest absolute Gasteiger partial charge is 0.145 e. The molecular formula is C54H33NO2S. The molecule has 58 heavy (non-hydrogen) atoms. The fourth-order valence-corrected chi connectivity index (χ4v) is 9.86. The van der Waals surface area contributed by atoms with Crippen molar-refractivity contribution in [3.05, 3.63) is 200 Å². The van der Waals surface area contributed by atoms with Crippen molar-refractivity contribution >= 4 is 92.4 Å². The van der Waals surface area contributed by atoms with Crippen LogP contribution in [0.2, 0.25) is 0 Å². The van der Waals surface area contributed by atoms with Gasteiger partial charge >= 0.3 is 0 Å². The first-order valence-corrected chi connectivity index (χ1v) is 20.4. The number of para-hydroxylation sites is 1. The molecule has 0 N–H and O–H groups in total. The van der Waals surface area contributed by atoms with Crippen LogP contribution in [0.15, 0.2) is 209 Å². The van der Waals surface area contributed by atoms with Gasteiger partial charge in [-0.25, -0.2) is 0 Å². The first-order chi connectivity index (χ1) is 28.7. The van der Waals surface area contributed by atoms with Gasteiger partial charge in [0.1, 0.15) is 22.3 Å². The number of fused-ring (bicyclic) bond motifs is 9. The molecular weight excluding hydrogens is 727 g/mol. The molecule has 0 atom stereocenters. The second-order valence-corrected chi connectivity index (χ2v) is 15.9. The van der Waals surface area contributed by atoms with Crippen LogP contribution >= 0.6 is 11.3 Å². The molecule has 0 saturated carbocycles. The van der Waals surface area contributed by atoms with Crippen molar-refractivity contribution in [2.24, 2.45) is 0 Å². The molecule has 272 valence electrons. The first kappa shape index (κ1) is 32.8. The van der Waals surface area contributed by atoms with E-state index in [9.17, 15) is 0 Å². The quantitative estimate of drug-likeness (QED) is 0.169. The van der Waals surface area contributed by atoms with Crippen molar-refractivity contribution in [1.29, 1.82) is 0 Å². The SMILES string of the molecule is c1ccc(-c2ccc3c(c2)oc2cc(-c4ccccc4)cc(N(c4ccc5sc6ccccc6c5c4)c4ccc(-c5ccccc5)c5oc6ccccc6c45)c23)cc1. The second-order valence-electron chi connectivity index (χ2n) is 14.8. The van der Waals surface area contributed by atoms with Crippen LogP contribution in [-0.2, 0) is 0 Å². The summed E-state index contributed by atoms with van der Waals surface area (Å²) in [4.78, 5) is 2.44. The summed E-state index contributed by atoms with van der Waals surface area (Å²) in [5.74, 6) is 0. The van der Waals surface area contributed by atoms with Crippen molar-refractivity contribution in [3.8, 4) is 33.4 Å². The fourth-order valence-electron chi connectivity index (χ4n) is 8.77. The summed E-state index contributed by atoms with van der Waals surface area (Å²) in [6.45, 7) is 0. The zero-order chi connectivity index (χ0) is 38.2. The van der Waals surface area contributed by atoms with Crippen LogP contribution in [0.5, 0.6) is 0 Å². The highest BCUT2D eigenvalue weighted by molar-refractivity contribution is 7.25. The van der Waals surface area contributed by atoms with Crippen molar-refractivity contribution in [1.82, 2.24) is 0 Å². The summed E-state index contributed by atoms with van der Waals surface area (Å²) >= 11 is 1.84. The molecule has 0 aliphatic carbocycles. The monoisotopic (exact) mass is 759 g/mol. The molecule has 4 heteroatoms.